The zero-order valence-corrected chi connectivity index (χ0v) is 13.1. The summed E-state index contributed by atoms with van der Waals surface area (Å²) in [5.41, 5.74) is 2.17. The van der Waals surface area contributed by atoms with Crippen LogP contribution in [0.25, 0.3) is 0 Å². The highest BCUT2D eigenvalue weighted by atomic mass is 19.1. The Kier molecular flexibility index (Phi) is 6.11. The van der Waals surface area contributed by atoms with Crippen LogP contribution in [0.2, 0.25) is 0 Å². The highest BCUT2D eigenvalue weighted by Gasteiger charge is 2.11. The molecule has 0 saturated carbocycles. The van der Waals surface area contributed by atoms with Crippen LogP contribution >= 0.6 is 0 Å². The van der Waals surface area contributed by atoms with E-state index >= 15 is 0 Å². The molecule has 0 radical (unpaired) electrons. The standard InChI is InChI=1S/C18H21FN2O2/c1-14-7-8-15(11-17(14)19)12-20-18(23)13-21(9-10-22)16-5-3-2-4-6-16/h2-8,11,22H,9-10,12-13H2,1H3,(H,20,23). The van der Waals surface area contributed by atoms with Gasteiger partial charge in [-0.15, -0.1) is 0 Å². The number of aliphatic hydroxyl groups is 1. The Morgan fingerprint density at radius 3 is 2.61 bits per heavy atom. The number of halogens is 1. The van der Waals surface area contributed by atoms with Crippen LogP contribution < -0.4 is 10.2 Å². The fraction of sp³-hybridized carbons (Fsp3) is 0.278. The molecule has 122 valence electrons. The number of nitrogens with zero attached hydrogens (tertiary/aromatic N) is 1. The summed E-state index contributed by atoms with van der Waals surface area (Å²) < 4.78 is 13.5. The van der Waals surface area contributed by atoms with E-state index in [0.29, 0.717) is 12.1 Å². The molecule has 0 unspecified atom stereocenters. The number of rotatable bonds is 7. The molecule has 0 fully saturated rings. The van der Waals surface area contributed by atoms with Gasteiger partial charge in [-0.1, -0.05) is 30.3 Å². The molecule has 0 aliphatic heterocycles. The highest BCUT2D eigenvalue weighted by Crippen LogP contribution is 2.12. The summed E-state index contributed by atoms with van der Waals surface area (Å²) in [6.45, 7) is 2.45. The summed E-state index contributed by atoms with van der Waals surface area (Å²) in [6, 6.07) is 14.3. The van der Waals surface area contributed by atoms with Gasteiger partial charge in [-0.2, -0.15) is 0 Å². The van der Waals surface area contributed by atoms with E-state index in [-0.39, 0.29) is 31.4 Å². The lowest BCUT2D eigenvalue weighted by Gasteiger charge is -2.23. The first-order valence-corrected chi connectivity index (χ1v) is 7.52. The average Bonchev–Trinajstić information content (AvgIpc) is 2.56. The normalized spacial score (nSPS) is 10.4. The van der Waals surface area contributed by atoms with Crippen molar-refractivity contribution < 1.29 is 14.3 Å². The molecule has 0 spiro atoms. The van der Waals surface area contributed by atoms with Gasteiger partial charge in [0.15, 0.2) is 0 Å². The summed E-state index contributed by atoms with van der Waals surface area (Å²) in [7, 11) is 0. The van der Waals surface area contributed by atoms with E-state index in [0.717, 1.165) is 11.3 Å². The molecule has 0 heterocycles. The molecule has 0 bridgehead atoms. The van der Waals surface area contributed by atoms with Crippen LogP contribution in [-0.2, 0) is 11.3 Å². The van der Waals surface area contributed by atoms with Gasteiger partial charge in [0, 0.05) is 18.8 Å². The lowest BCUT2D eigenvalue weighted by Crippen LogP contribution is -2.38. The van der Waals surface area contributed by atoms with Gasteiger partial charge in [-0.3, -0.25) is 4.79 Å². The largest absolute Gasteiger partial charge is 0.395 e. The molecule has 0 aliphatic rings. The minimum atomic E-state index is -0.275. The number of hydrogen-bond donors (Lipinski definition) is 2. The van der Waals surface area contributed by atoms with Crippen molar-refractivity contribution in [3.63, 3.8) is 0 Å². The summed E-state index contributed by atoms with van der Waals surface area (Å²) in [5.74, 6) is -0.453. The SMILES string of the molecule is Cc1ccc(CNC(=O)CN(CCO)c2ccccc2)cc1F. The van der Waals surface area contributed by atoms with Crippen molar-refractivity contribution in [2.45, 2.75) is 13.5 Å². The molecule has 1 amide bonds. The molecule has 2 rings (SSSR count). The number of amides is 1. The molecule has 0 atom stereocenters. The van der Waals surface area contributed by atoms with Gasteiger partial charge in [-0.05, 0) is 36.2 Å². The van der Waals surface area contributed by atoms with Gasteiger partial charge in [-0.25, -0.2) is 4.39 Å². The van der Waals surface area contributed by atoms with Crippen LogP contribution in [0, 0.1) is 12.7 Å². The number of benzene rings is 2. The fourth-order valence-electron chi connectivity index (χ4n) is 2.24. The molecule has 2 N–H and O–H groups in total. The highest BCUT2D eigenvalue weighted by molar-refractivity contribution is 5.81. The Balaban J connectivity index is 1.92. The third-order valence-electron chi connectivity index (χ3n) is 3.55. The van der Waals surface area contributed by atoms with E-state index in [1.54, 1.807) is 24.0 Å². The third-order valence-corrected chi connectivity index (χ3v) is 3.55. The predicted molar refractivity (Wildman–Crippen MR) is 88.7 cm³/mol. The van der Waals surface area contributed by atoms with E-state index in [4.69, 9.17) is 5.11 Å². The summed E-state index contributed by atoms with van der Waals surface area (Å²) >= 11 is 0. The number of aliphatic hydroxyl groups excluding tert-OH is 1. The van der Waals surface area contributed by atoms with Crippen molar-refractivity contribution in [3.8, 4) is 0 Å². The first-order valence-electron chi connectivity index (χ1n) is 7.52. The Morgan fingerprint density at radius 2 is 1.96 bits per heavy atom. The second kappa shape index (κ2) is 8.29. The number of anilines is 1. The monoisotopic (exact) mass is 316 g/mol. The van der Waals surface area contributed by atoms with Crippen molar-refractivity contribution in [3.05, 3.63) is 65.5 Å². The van der Waals surface area contributed by atoms with Crippen LogP contribution in [0.15, 0.2) is 48.5 Å². The number of hydrogen-bond acceptors (Lipinski definition) is 3. The zero-order valence-electron chi connectivity index (χ0n) is 13.1. The number of carbonyl (C=O) groups excluding carboxylic acids is 1. The quantitative estimate of drug-likeness (QED) is 0.824. The predicted octanol–water partition coefficient (Wildman–Crippen LogP) is 2.25. The number of nitrogens with one attached hydrogen (secondary N) is 1. The smallest absolute Gasteiger partial charge is 0.239 e. The van der Waals surface area contributed by atoms with E-state index in [1.165, 1.54) is 6.07 Å². The Bertz CT molecular complexity index is 647. The number of para-hydroxylation sites is 1. The molecular formula is C18H21FN2O2. The topological polar surface area (TPSA) is 52.6 Å². The molecule has 4 nitrogen and oxygen atoms in total. The second-order valence-corrected chi connectivity index (χ2v) is 5.34. The van der Waals surface area contributed by atoms with E-state index in [1.807, 2.05) is 30.3 Å². The molecule has 2 aromatic rings. The molecule has 2 aromatic carbocycles. The summed E-state index contributed by atoms with van der Waals surface area (Å²) in [4.78, 5) is 13.9. The van der Waals surface area contributed by atoms with Gasteiger partial charge in [0.05, 0.1) is 13.2 Å². The lowest BCUT2D eigenvalue weighted by atomic mass is 10.1. The van der Waals surface area contributed by atoms with Crippen molar-refractivity contribution in [1.29, 1.82) is 0 Å². The Labute approximate surface area is 135 Å². The van der Waals surface area contributed by atoms with Crippen molar-refractivity contribution in [2.24, 2.45) is 0 Å². The van der Waals surface area contributed by atoms with Gasteiger partial charge in [0.1, 0.15) is 5.82 Å². The minimum absolute atomic E-state index is 0.0364. The van der Waals surface area contributed by atoms with Gasteiger partial charge < -0.3 is 15.3 Å². The molecule has 0 saturated heterocycles. The first-order chi connectivity index (χ1) is 11.1. The zero-order chi connectivity index (χ0) is 16.7. The third kappa shape index (κ3) is 5.07. The van der Waals surface area contributed by atoms with Crippen LogP contribution in [0.5, 0.6) is 0 Å². The van der Waals surface area contributed by atoms with Crippen LogP contribution in [0.1, 0.15) is 11.1 Å². The summed E-state index contributed by atoms with van der Waals surface area (Å²) in [5, 5.41) is 11.9. The lowest BCUT2D eigenvalue weighted by molar-refractivity contribution is -0.119. The van der Waals surface area contributed by atoms with Gasteiger partial charge in [0.25, 0.3) is 0 Å². The van der Waals surface area contributed by atoms with Gasteiger partial charge >= 0.3 is 0 Å². The fourth-order valence-corrected chi connectivity index (χ4v) is 2.24. The Morgan fingerprint density at radius 1 is 1.22 bits per heavy atom. The number of aryl methyl sites for hydroxylation is 1. The van der Waals surface area contributed by atoms with Crippen molar-refractivity contribution in [1.82, 2.24) is 5.32 Å². The van der Waals surface area contributed by atoms with Crippen molar-refractivity contribution >= 4 is 11.6 Å². The molecule has 5 heteroatoms. The van der Waals surface area contributed by atoms with E-state index < -0.39 is 0 Å². The number of carbonyl (C=O) groups is 1. The van der Waals surface area contributed by atoms with E-state index in [9.17, 15) is 9.18 Å². The second-order valence-electron chi connectivity index (χ2n) is 5.34. The van der Waals surface area contributed by atoms with Crippen LogP contribution in [0.4, 0.5) is 10.1 Å². The summed E-state index contributed by atoms with van der Waals surface area (Å²) in [6.07, 6.45) is 0. The molecular weight excluding hydrogens is 295 g/mol. The Hall–Kier alpha value is -2.40. The minimum Gasteiger partial charge on any atom is -0.395 e. The average molecular weight is 316 g/mol. The molecule has 0 aliphatic carbocycles. The van der Waals surface area contributed by atoms with Crippen LogP contribution in [0.3, 0.4) is 0 Å². The molecule has 0 aromatic heterocycles. The maximum atomic E-state index is 13.5. The van der Waals surface area contributed by atoms with E-state index in [2.05, 4.69) is 5.32 Å². The first kappa shape index (κ1) is 17.0. The van der Waals surface area contributed by atoms with Crippen molar-refractivity contribution in [2.75, 3.05) is 24.6 Å². The maximum Gasteiger partial charge on any atom is 0.239 e. The van der Waals surface area contributed by atoms with Crippen LogP contribution in [-0.4, -0.2) is 30.7 Å². The molecule has 23 heavy (non-hydrogen) atoms. The maximum absolute atomic E-state index is 13.5. The van der Waals surface area contributed by atoms with Gasteiger partial charge in [0.2, 0.25) is 5.91 Å².